The van der Waals surface area contributed by atoms with Crippen LogP contribution in [0.4, 0.5) is 0 Å². The lowest BCUT2D eigenvalue weighted by Gasteiger charge is -2.10. The van der Waals surface area contributed by atoms with E-state index in [1.165, 1.54) is 0 Å². The number of hydrogen-bond acceptors (Lipinski definition) is 2. The number of carbonyl (C=O) groups is 1. The molecular formula is C12H14BrClO2. The number of rotatable bonds is 6. The van der Waals surface area contributed by atoms with Crippen LogP contribution in [0.15, 0.2) is 18.2 Å². The van der Waals surface area contributed by atoms with Gasteiger partial charge in [0.15, 0.2) is 5.78 Å². The lowest BCUT2D eigenvalue weighted by molar-refractivity contribution is -0.116. The van der Waals surface area contributed by atoms with Crippen molar-refractivity contribution in [1.82, 2.24) is 0 Å². The molecule has 0 aliphatic rings. The van der Waals surface area contributed by atoms with E-state index in [1.807, 2.05) is 25.1 Å². The number of halogens is 2. The fourth-order valence-corrected chi connectivity index (χ4v) is 1.85. The summed E-state index contributed by atoms with van der Waals surface area (Å²) < 4.78 is 5.47. The van der Waals surface area contributed by atoms with E-state index in [2.05, 4.69) is 15.9 Å². The number of benzene rings is 1. The fraction of sp³-hybridized carbons (Fsp3) is 0.417. The maximum Gasteiger partial charge on any atom is 0.152 e. The van der Waals surface area contributed by atoms with Crippen LogP contribution >= 0.6 is 27.5 Å². The third-order valence-corrected chi connectivity index (χ3v) is 3.06. The average molecular weight is 306 g/mol. The second kappa shape index (κ2) is 6.92. The average Bonchev–Trinajstić information content (AvgIpc) is 2.31. The molecule has 4 heteroatoms. The zero-order chi connectivity index (χ0) is 12.0. The van der Waals surface area contributed by atoms with Gasteiger partial charge in [-0.2, -0.15) is 0 Å². The van der Waals surface area contributed by atoms with E-state index in [0.29, 0.717) is 13.0 Å². The second-order valence-electron chi connectivity index (χ2n) is 3.36. The van der Waals surface area contributed by atoms with Gasteiger partial charge in [-0.1, -0.05) is 28.1 Å². The van der Waals surface area contributed by atoms with Crippen molar-refractivity contribution in [3.05, 3.63) is 29.3 Å². The predicted octanol–water partition coefficient (Wildman–Crippen LogP) is 3.33. The van der Waals surface area contributed by atoms with Gasteiger partial charge in [-0.25, -0.2) is 0 Å². The van der Waals surface area contributed by atoms with Crippen LogP contribution in [-0.2, 0) is 16.5 Å². The number of Topliss-reactive ketones (excluding diaryl/α,β-unsaturated/α-hetero) is 1. The normalized spacial score (nSPS) is 10.2. The minimum Gasteiger partial charge on any atom is -0.494 e. The van der Waals surface area contributed by atoms with Crippen LogP contribution in [0.3, 0.4) is 0 Å². The van der Waals surface area contributed by atoms with Crippen LogP contribution in [0.1, 0.15) is 18.1 Å². The highest BCUT2D eigenvalue weighted by atomic mass is 79.9. The van der Waals surface area contributed by atoms with Crippen molar-refractivity contribution < 1.29 is 9.53 Å². The summed E-state index contributed by atoms with van der Waals surface area (Å²) in [6.45, 7) is 2.52. The highest BCUT2D eigenvalue weighted by molar-refractivity contribution is 9.08. The molecule has 0 bridgehead atoms. The standard InChI is InChI=1S/C12H14BrClO2/c1-2-16-12-4-3-9(7-13)5-10(12)6-11(15)8-14/h3-5H,2,6-8H2,1H3. The van der Waals surface area contributed by atoms with Gasteiger partial charge in [0.2, 0.25) is 0 Å². The van der Waals surface area contributed by atoms with E-state index in [4.69, 9.17) is 16.3 Å². The van der Waals surface area contributed by atoms with Gasteiger partial charge in [-0.15, -0.1) is 11.6 Å². The molecular weight excluding hydrogens is 291 g/mol. The molecule has 1 rings (SSSR count). The van der Waals surface area contributed by atoms with Gasteiger partial charge in [0.05, 0.1) is 12.5 Å². The molecule has 0 heterocycles. The van der Waals surface area contributed by atoms with Crippen LogP contribution < -0.4 is 4.74 Å². The Kier molecular flexibility index (Phi) is 5.85. The molecule has 0 saturated heterocycles. The summed E-state index contributed by atoms with van der Waals surface area (Å²) in [5.41, 5.74) is 2.03. The number of hydrogen-bond donors (Lipinski definition) is 0. The van der Waals surface area contributed by atoms with Gasteiger partial charge >= 0.3 is 0 Å². The van der Waals surface area contributed by atoms with Crippen LogP contribution in [0.25, 0.3) is 0 Å². The van der Waals surface area contributed by atoms with Crippen molar-refractivity contribution in [3.63, 3.8) is 0 Å². The minimum absolute atomic E-state index is 0.00865. The van der Waals surface area contributed by atoms with Gasteiger partial charge in [0.25, 0.3) is 0 Å². The molecule has 0 spiro atoms. The summed E-state index contributed by atoms with van der Waals surface area (Å²) >= 11 is 8.89. The molecule has 0 unspecified atom stereocenters. The first-order valence-electron chi connectivity index (χ1n) is 5.09. The molecule has 0 fully saturated rings. The Balaban J connectivity index is 2.95. The largest absolute Gasteiger partial charge is 0.494 e. The Morgan fingerprint density at radius 2 is 2.25 bits per heavy atom. The van der Waals surface area contributed by atoms with Crippen molar-refractivity contribution in [2.75, 3.05) is 12.5 Å². The maximum atomic E-state index is 11.3. The summed E-state index contributed by atoms with van der Waals surface area (Å²) in [6, 6.07) is 5.86. The van der Waals surface area contributed by atoms with Crippen LogP contribution in [-0.4, -0.2) is 18.3 Å². The Bertz CT molecular complexity index is 366. The SMILES string of the molecule is CCOc1ccc(CBr)cc1CC(=O)CCl. The van der Waals surface area contributed by atoms with Crippen molar-refractivity contribution in [3.8, 4) is 5.75 Å². The van der Waals surface area contributed by atoms with E-state index in [1.54, 1.807) is 0 Å². The number of alkyl halides is 2. The van der Waals surface area contributed by atoms with E-state index in [0.717, 1.165) is 22.2 Å². The molecule has 0 saturated carbocycles. The molecule has 2 nitrogen and oxygen atoms in total. The lowest BCUT2D eigenvalue weighted by Crippen LogP contribution is -2.06. The highest BCUT2D eigenvalue weighted by Crippen LogP contribution is 2.22. The molecule has 0 aliphatic carbocycles. The first-order chi connectivity index (χ1) is 7.71. The topological polar surface area (TPSA) is 26.3 Å². The summed E-state index contributed by atoms with van der Waals surface area (Å²) in [6.07, 6.45) is 0.333. The van der Waals surface area contributed by atoms with Crippen molar-refractivity contribution in [2.45, 2.75) is 18.7 Å². The third-order valence-electron chi connectivity index (χ3n) is 2.12. The minimum atomic E-state index is 0.00865. The van der Waals surface area contributed by atoms with Gasteiger partial charge in [0.1, 0.15) is 5.75 Å². The maximum absolute atomic E-state index is 11.3. The molecule has 88 valence electrons. The first kappa shape index (κ1) is 13.5. The Morgan fingerprint density at radius 3 is 2.81 bits per heavy atom. The van der Waals surface area contributed by atoms with E-state index in [-0.39, 0.29) is 11.7 Å². The second-order valence-corrected chi connectivity index (χ2v) is 4.19. The molecule has 16 heavy (non-hydrogen) atoms. The molecule has 0 atom stereocenters. The van der Waals surface area contributed by atoms with Crippen molar-refractivity contribution in [2.24, 2.45) is 0 Å². The Hall–Kier alpha value is -0.540. The predicted molar refractivity (Wildman–Crippen MR) is 69.7 cm³/mol. The first-order valence-corrected chi connectivity index (χ1v) is 6.75. The zero-order valence-electron chi connectivity index (χ0n) is 9.13. The van der Waals surface area contributed by atoms with Gasteiger partial charge < -0.3 is 4.74 Å². The van der Waals surface area contributed by atoms with E-state index in [9.17, 15) is 4.79 Å². The van der Waals surface area contributed by atoms with Crippen molar-refractivity contribution in [1.29, 1.82) is 0 Å². The van der Waals surface area contributed by atoms with E-state index >= 15 is 0 Å². The Labute approximate surface area is 109 Å². The smallest absolute Gasteiger partial charge is 0.152 e. The summed E-state index contributed by atoms with van der Waals surface area (Å²) in [7, 11) is 0. The molecule has 0 N–H and O–H groups in total. The summed E-state index contributed by atoms with van der Waals surface area (Å²) in [5, 5.41) is 0.765. The number of carbonyl (C=O) groups excluding carboxylic acids is 1. The van der Waals surface area contributed by atoms with Gasteiger partial charge in [0, 0.05) is 17.3 Å². The van der Waals surface area contributed by atoms with Crippen LogP contribution in [0, 0.1) is 0 Å². The van der Waals surface area contributed by atoms with Crippen LogP contribution in [0.5, 0.6) is 5.75 Å². The van der Waals surface area contributed by atoms with Crippen LogP contribution in [0.2, 0.25) is 0 Å². The van der Waals surface area contributed by atoms with Gasteiger partial charge in [-0.05, 0) is 18.6 Å². The lowest BCUT2D eigenvalue weighted by atomic mass is 10.1. The quantitative estimate of drug-likeness (QED) is 0.754. The van der Waals surface area contributed by atoms with E-state index < -0.39 is 0 Å². The molecule has 1 aromatic rings. The monoisotopic (exact) mass is 304 g/mol. The molecule has 0 radical (unpaired) electrons. The zero-order valence-corrected chi connectivity index (χ0v) is 11.5. The summed E-state index contributed by atoms with van der Waals surface area (Å²) in [4.78, 5) is 11.3. The molecule has 1 aromatic carbocycles. The number of ketones is 1. The van der Waals surface area contributed by atoms with Gasteiger partial charge in [-0.3, -0.25) is 4.79 Å². The molecule has 0 aliphatic heterocycles. The molecule has 0 aromatic heterocycles. The highest BCUT2D eigenvalue weighted by Gasteiger charge is 2.09. The number of ether oxygens (including phenoxy) is 1. The Morgan fingerprint density at radius 1 is 1.50 bits per heavy atom. The fourth-order valence-electron chi connectivity index (χ4n) is 1.41. The summed E-state index contributed by atoms with van der Waals surface area (Å²) in [5.74, 6) is 0.824. The van der Waals surface area contributed by atoms with Crippen molar-refractivity contribution >= 4 is 33.3 Å². The third kappa shape index (κ3) is 3.80. The molecule has 0 amide bonds.